The number of likely N-dealkylation sites (tertiary alicyclic amines) is 1. The Bertz CT molecular complexity index is 953. The highest BCUT2D eigenvalue weighted by atomic mass is 32.1. The standard InChI is InChI=1S/C25H30N2O3S/c1-2-29-24(28)17-20-7-5-6-15-27(18-20)16-14-19-10-12-21(13-11-19)30-25-26-22-8-3-4-9-23(22)31-25/h3-4,8-13,20H,2,5-7,14-18H2,1H3. The summed E-state index contributed by atoms with van der Waals surface area (Å²) in [5.74, 6) is 1.16. The summed E-state index contributed by atoms with van der Waals surface area (Å²) in [5, 5.41) is 0.672. The van der Waals surface area contributed by atoms with Gasteiger partial charge in [-0.1, -0.05) is 42.0 Å². The van der Waals surface area contributed by atoms with Crippen LogP contribution in [0.4, 0.5) is 0 Å². The van der Waals surface area contributed by atoms with E-state index >= 15 is 0 Å². The molecule has 164 valence electrons. The first-order valence-corrected chi connectivity index (χ1v) is 12.0. The van der Waals surface area contributed by atoms with E-state index in [1.807, 2.05) is 37.3 Å². The molecule has 31 heavy (non-hydrogen) atoms. The van der Waals surface area contributed by atoms with Crippen molar-refractivity contribution >= 4 is 27.5 Å². The fourth-order valence-electron chi connectivity index (χ4n) is 4.15. The monoisotopic (exact) mass is 438 g/mol. The van der Waals surface area contributed by atoms with Crippen LogP contribution in [0.25, 0.3) is 10.2 Å². The minimum absolute atomic E-state index is 0.0573. The Labute approximate surface area is 188 Å². The van der Waals surface area contributed by atoms with Crippen molar-refractivity contribution in [3.8, 4) is 10.9 Å². The second-order valence-corrected chi connectivity index (χ2v) is 9.11. The average Bonchev–Trinajstić information content (AvgIpc) is 3.04. The third kappa shape index (κ3) is 6.28. The summed E-state index contributed by atoms with van der Waals surface area (Å²) in [4.78, 5) is 18.9. The van der Waals surface area contributed by atoms with E-state index in [9.17, 15) is 4.79 Å². The van der Waals surface area contributed by atoms with E-state index in [1.165, 1.54) is 18.4 Å². The van der Waals surface area contributed by atoms with Gasteiger partial charge >= 0.3 is 5.97 Å². The number of para-hydroxylation sites is 1. The zero-order valence-corrected chi connectivity index (χ0v) is 18.9. The van der Waals surface area contributed by atoms with Crippen molar-refractivity contribution < 1.29 is 14.3 Å². The minimum Gasteiger partial charge on any atom is -0.466 e. The van der Waals surface area contributed by atoms with E-state index in [1.54, 1.807) is 11.3 Å². The van der Waals surface area contributed by atoms with Gasteiger partial charge in [0.05, 0.1) is 16.8 Å². The van der Waals surface area contributed by atoms with Gasteiger partial charge in [-0.25, -0.2) is 4.98 Å². The van der Waals surface area contributed by atoms with Crippen LogP contribution in [0.2, 0.25) is 0 Å². The van der Waals surface area contributed by atoms with Crippen LogP contribution in [0.1, 0.15) is 38.2 Å². The van der Waals surface area contributed by atoms with Crippen LogP contribution in [0.3, 0.4) is 0 Å². The zero-order chi connectivity index (χ0) is 21.5. The molecule has 3 aromatic rings. The molecule has 1 saturated heterocycles. The number of rotatable bonds is 8. The van der Waals surface area contributed by atoms with Crippen LogP contribution >= 0.6 is 11.3 Å². The Hall–Kier alpha value is -2.44. The molecule has 0 aliphatic carbocycles. The van der Waals surface area contributed by atoms with Crippen LogP contribution in [0.5, 0.6) is 10.9 Å². The molecular weight excluding hydrogens is 408 g/mol. The van der Waals surface area contributed by atoms with E-state index in [0.29, 0.717) is 24.1 Å². The van der Waals surface area contributed by atoms with Crippen molar-refractivity contribution in [2.24, 2.45) is 5.92 Å². The molecule has 0 bridgehead atoms. The van der Waals surface area contributed by atoms with E-state index in [0.717, 1.165) is 48.4 Å². The molecule has 0 amide bonds. The highest BCUT2D eigenvalue weighted by Gasteiger charge is 2.21. The first-order chi connectivity index (χ1) is 15.2. The van der Waals surface area contributed by atoms with Crippen molar-refractivity contribution in [2.75, 3.05) is 26.2 Å². The predicted molar refractivity (Wildman–Crippen MR) is 125 cm³/mol. The van der Waals surface area contributed by atoms with Gasteiger partial charge in [-0.15, -0.1) is 0 Å². The average molecular weight is 439 g/mol. The van der Waals surface area contributed by atoms with Gasteiger partial charge in [0.15, 0.2) is 0 Å². The van der Waals surface area contributed by atoms with Gasteiger partial charge in [0, 0.05) is 19.5 Å². The maximum atomic E-state index is 11.9. The Morgan fingerprint density at radius 1 is 1.16 bits per heavy atom. The van der Waals surface area contributed by atoms with Crippen LogP contribution in [0, 0.1) is 5.92 Å². The van der Waals surface area contributed by atoms with Gasteiger partial charge < -0.3 is 14.4 Å². The molecule has 1 aliphatic rings. The van der Waals surface area contributed by atoms with E-state index in [4.69, 9.17) is 9.47 Å². The SMILES string of the molecule is CCOC(=O)CC1CCCCN(CCc2ccc(Oc3nc4ccccc4s3)cc2)C1. The summed E-state index contributed by atoms with van der Waals surface area (Å²) in [5.41, 5.74) is 2.26. The molecule has 1 atom stereocenters. The summed E-state index contributed by atoms with van der Waals surface area (Å²) >= 11 is 1.56. The number of thiazole rings is 1. The Morgan fingerprint density at radius 3 is 2.81 bits per heavy atom. The maximum absolute atomic E-state index is 11.9. The number of aromatic nitrogens is 1. The lowest BCUT2D eigenvalue weighted by molar-refractivity contribution is -0.144. The third-order valence-corrected chi connectivity index (χ3v) is 6.65. The molecule has 4 rings (SSSR count). The van der Waals surface area contributed by atoms with Crippen molar-refractivity contribution in [1.82, 2.24) is 9.88 Å². The first-order valence-electron chi connectivity index (χ1n) is 11.2. The fraction of sp³-hybridized carbons (Fsp3) is 0.440. The van der Waals surface area contributed by atoms with Crippen LogP contribution in [-0.4, -0.2) is 42.1 Å². The third-order valence-electron chi connectivity index (χ3n) is 5.73. The Morgan fingerprint density at radius 2 is 2.00 bits per heavy atom. The lowest BCUT2D eigenvalue weighted by atomic mass is 9.99. The number of fused-ring (bicyclic) bond motifs is 1. The van der Waals surface area contributed by atoms with Crippen molar-refractivity contribution in [3.63, 3.8) is 0 Å². The largest absolute Gasteiger partial charge is 0.466 e. The van der Waals surface area contributed by atoms with Gasteiger partial charge in [0.25, 0.3) is 5.19 Å². The predicted octanol–water partition coefficient (Wildman–Crippen LogP) is 5.69. The normalized spacial score (nSPS) is 17.4. The lowest BCUT2D eigenvalue weighted by Crippen LogP contribution is -2.31. The molecular formula is C25H30N2O3S. The number of hydrogen-bond acceptors (Lipinski definition) is 6. The van der Waals surface area contributed by atoms with Crippen molar-refractivity contribution in [3.05, 3.63) is 54.1 Å². The minimum atomic E-state index is -0.0573. The molecule has 1 aromatic heterocycles. The highest BCUT2D eigenvalue weighted by molar-refractivity contribution is 7.20. The molecule has 0 N–H and O–H groups in total. The molecule has 1 fully saturated rings. The van der Waals surface area contributed by atoms with Crippen LogP contribution in [-0.2, 0) is 16.0 Å². The number of ether oxygens (including phenoxy) is 2. The summed E-state index contributed by atoms with van der Waals surface area (Å²) in [6, 6.07) is 16.4. The molecule has 2 heterocycles. The quantitative estimate of drug-likeness (QED) is 0.423. The zero-order valence-electron chi connectivity index (χ0n) is 18.1. The lowest BCUT2D eigenvalue weighted by Gasteiger charge is -2.24. The Kier molecular flexibility index (Phi) is 7.54. The van der Waals surface area contributed by atoms with Gasteiger partial charge in [-0.2, -0.15) is 0 Å². The van der Waals surface area contributed by atoms with Gasteiger partial charge in [-0.3, -0.25) is 4.79 Å². The Balaban J connectivity index is 1.28. The summed E-state index contributed by atoms with van der Waals surface area (Å²) < 4.78 is 12.2. The fourth-order valence-corrected chi connectivity index (χ4v) is 4.98. The summed E-state index contributed by atoms with van der Waals surface area (Å²) in [6.45, 7) is 5.44. The summed E-state index contributed by atoms with van der Waals surface area (Å²) in [6.07, 6.45) is 5.05. The summed E-state index contributed by atoms with van der Waals surface area (Å²) in [7, 11) is 0. The van der Waals surface area contributed by atoms with Crippen molar-refractivity contribution in [1.29, 1.82) is 0 Å². The molecule has 0 spiro atoms. The number of hydrogen-bond donors (Lipinski definition) is 0. The van der Waals surface area contributed by atoms with Gasteiger partial charge in [0.2, 0.25) is 0 Å². The van der Waals surface area contributed by atoms with Gasteiger partial charge in [-0.05, 0) is 68.5 Å². The highest BCUT2D eigenvalue weighted by Crippen LogP contribution is 2.31. The van der Waals surface area contributed by atoms with Crippen molar-refractivity contribution in [2.45, 2.75) is 39.0 Å². The van der Waals surface area contributed by atoms with Crippen LogP contribution in [0.15, 0.2) is 48.5 Å². The van der Waals surface area contributed by atoms with E-state index in [2.05, 4.69) is 28.1 Å². The van der Waals surface area contributed by atoms with E-state index < -0.39 is 0 Å². The number of benzene rings is 2. The molecule has 1 aliphatic heterocycles. The van der Waals surface area contributed by atoms with E-state index in [-0.39, 0.29) is 5.97 Å². The first kappa shape index (κ1) is 21.8. The smallest absolute Gasteiger partial charge is 0.306 e. The molecule has 1 unspecified atom stereocenters. The number of carbonyl (C=O) groups excluding carboxylic acids is 1. The number of esters is 1. The molecule has 2 aromatic carbocycles. The maximum Gasteiger partial charge on any atom is 0.306 e. The van der Waals surface area contributed by atoms with Crippen LogP contribution < -0.4 is 4.74 Å². The molecule has 5 nitrogen and oxygen atoms in total. The van der Waals surface area contributed by atoms with Gasteiger partial charge in [0.1, 0.15) is 5.75 Å². The molecule has 6 heteroatoms. The second-order valence-electron chi connectivity index (χ2n) is 8.12. The molecule has 0 radical (unpaired) electrons. The number of carbonyl (C=O) groups is 1. The topological polar surface area (TPSA) is 51.7 Å². The molecule has 0 saturated carbocycles. The number of nitrogens with zero attached hydrogens (tertiary/aromatic N) is 2. The second kappa shape index (κ2) is 10.7.